The highest BCUT2D eigenvalue weighted by molar-refractivity contribution is 5.70. The van der Waals surface area contributed by atoms with E-state index >= 15 is 0 Å². The number of quaternary nitrogens is 1. The van der Waals surface area contributed by atoms with Crippen molar-refractivity contribution in [3.05, 3.63) is 0 Å². The quantitative estimate of drug-likeness (QED) is 0.562. The Morgan fingerprint density at radius 3 is 1.41 bits per heavy atom. The average Bonchev–Trinajstić information content (AvgIpc) is 2.44. The summed E-state index contributed by atoms with van der Waals surface area (Å²) in [7, 11) is 2.16. The average molecular weight is 316 g/mol. The van der Waals surface area contributed by atoms with E-state index in [9.17, 15) is 9.90 Å². The molecule has 3 nitrogen and oxygen atoms in total. The molecule has 0 atom stereocenters. The van der Waals surface area contributed by atoms with E-state index in [0.717, 1.165) is 0 Å². The second-order valence-corrected chi connectivity index (χ2v) is 7.27. The molecule has 134 valence electrons. The zero-order valence-corrected chi connectivity index (χ0v) is 15.9. The van der Waals surface area contributed by atoms with Gasteiger partial charge in [0.2, 0.25) is 0 Å². The van der Waals surface area contributed by atoms with Gasteiger partial charge in [0.25, 0.3) is 0 Å². The van der Waals surface area contributed by atoms with E-state index in [0.29, 0.717) is 0 Å². The van der Waals surface area contributed by atoms with Crippen LogP contribution in [0.15, 0.2) is 0 Å². The highest BCUT2D eigenvalue weighted by Crippen LogP contribution is 2.11. The molecule has 3 heteroatoms. The van der Waals surface area contributed by atoms with Crippen LogP contribution in [0.25, 0.3) is 0 Å². The third kappa shape index (κ3) is 21.7. The lowest BCUT2D eigenvalue weighted by molar-refractivity contribution is -0.627. The summed E-state index contributed by atoms with van der Waals surface area (Å²) < 4.78 is 0. The molecule has 0 fully saturated rings. The van der Waals surface area contributed by atoms with Crippen LogP contribution in [0.2, 0.25) is 0 Å². The largest absolute Gasteiger partial charge is 0.550 e. The van der Waals surface area contributed by atoms with Crippen LogP contribution in [0.4, 0.5) is 0 Å². The fraction of sp³-hybridized carbons (Fsp3) is 0.947. The van der Waals surface area contributed by atoms with Crippen molar-refractivity contribution in [2.75, 3.05) is 13.6 Å². The van der Waals surface area contributed by atoms with Gasteiger partial charge in [0.1, 0.15) is 0 Å². The third-order valence-corrected chi connectivity index (χ3v) is 3.71. The first-order chi connectivity index (χ1) is 10.4. The van der Waals surface area contributed by atoms with E-state index < -0.39 is 11.4 Å². The monoisotopic (exact) mass is 315 g/mol. The van der Waals surface area contributed by atoms with Crippen molar-refractivity contribution in [2.45, 2.75) is 98.3 Å². The number of carboxylic acid groups (broad SMARTS) is 1. The highest BCUT2D eigenvalue weighted by atomic mass is 16.4. The predicted molar refractivity (Wildman–Crippen MR) is 93.6 cm³/mol. The summed E-state index contributed by atoms with van der Waals surface area (Å²) in [5.74, 6) is -1.01. The minimum absolute atomic E-state index is 0.694. The molecule has 0 amide bonds. The Bertz CT molecular complexity index is 222. The molecule has 22 heavy (non-hydrogen) atoms. The first-order valence-electron chi connectivity index (χ1n) is 9.35. The van der Waals surface area contributed by atoms with Crippen molar-refractivity contribution >= 4 is 5.97 Å². The van der Waals surface area contributed by atoms with Crippen molar-refractivity contribution in [2.24, 2.45) is 5.41 Å². The van der Waals surface area contributed by atoms with Gasteiger partial charge in [0, 0.05) is 11.4 Å². The number of unbranched alkanes of at least 4 members (excludes halogenated alkanes) is 10. The number of carbonyl (C=O) groups is 1. The van der Waals surface area contributed by atoms with Crippen LogP contribution >= 0.6 is 0 Å². The van der Waals surface area contributed by atoms with Crippen LogP contribution in [0.3, 0.4) is 0 Å². The van der Waals surface area contributed by atoms with Crippen molar-refractivity contribution in [1.82, 2.24) is 0 Å². The molecule has 0 aliphatic carbocycles. The molecule has 0 heterocycles. The van der Waals surface area contributed by atoms with Gasteiger partial charge in [-0.2, -0.15) is 0 Å². The standard InChI is InChI=1S/C14H31N.C5H10O2/c1-3-4-5-6-7-8-9-10-11-12-13-14-15-2;1-5(2,3)4(6)7/h15H,3-14H2,1-2H3;1-3H3,(H,6,7). The van der Waals surface area contributed by atoms with Crippen molar-refractivity contribution in [3.63, 3.8) is 0 Å². The Morgan fingerprint density at radius 1 is 0.818 bits per heavy atom. The van der Waals surface area contributed by atoms with Gasteiger partial charge in [-0.3, -0.25) is 0 Å². The summed E-state index contributed by atoms with van der Waals surface area (Å²) in [6, 6.07) is 0. The van der Waals surface area contributed by atoms with Gasteiger partial charge < -0.3 is 15.2 Å². The zero-order chi connectivity index (χ0) is 17.3. The summed E-state index contributed by atoms with van der Waals surface area (Å²) in [5, 5.41) is 12.2. The smallest absolute Gasteiger partial charge is 0.0753 e. The molecule has 0 bridgehead atoms. The van der Waals surface area contributed by atoms with E-state index in [-0.39, 0.29) is 0 Å². The van der Waals surface area contributed by atoms with Crippen LogP contribution in [-0.2, 0) is 4.79 Å². The number of carboxylic acids is 1. The number of rotatable bonds is 12. The van der Waals surface area contributed by atoms with Crippen molar-refractivity contribution in [1.29, 1.82) is 0 Å². The summed E-state index contributed by atoms with van der Waals surface area (Å²) in [6.45, 7) is 8.40. The maximum Gasteiger partial charge on any atom is 0.0753 e. The molecule has 0 aliphatic heterocycles. The summed E-state index contributed by atoms with van der Waals surface area (Å²) in [5.41, 5.74) is -0.694. The molecule has 0 spiro atoms. The van der Waals surface area contributed by atoms with E-state index in [4.69, 9.17) is 0 Å². The number of aliphatic carboxylic acids is 1. The molecule has 0 unspecified atom stereocenters. The number of hydrogen-bond acceptors (Lipinski definition) is 2. The topological polar surface area (TPSA) is 56.7 Å². The zero-order valence-electron chi connectivity index (χ0n) is 15.9. The normalized spacial score (nSPS) is 11.0. The molecule has 0 aromatic carbocycles. The van der Waals surface area contributed by atoms with E-state index in [2.05, 4.69) is 19.3 Å². The number of carbonyl (C=O) groups excluding carboxylic acids is 1. The van der Waals surface area contributed by atoms with Crippen LogP contribution in [-0.4, -0.2) is 19.6 Å². The maximum atomic E-state index is 9.91. The summed E-state index contributed by atoms with van der Waals surface area (Å²) in [4.78, 5) is 9.91. The van der Waals surface area contributed by atoms with Gasteiger partial charge in [0.15, 0.2) is 0 Å². The van der Waals surface area contributed by atoms with Crippen LogP contribution in [0.5, 0.6) is 0 Å². The second-order valence-electron chi connectivity index (χ2n) is 7.27. The Kier molecular flexibility index (Phi) is 18.1. The summed E-state index contributed by atoms with van der Waals surface area (Å²) >= 11 is 0. The van der Waals surface area contributed by atoms with Crippen LogP contribution < -0.4 is 10.4 Å². The molecule has 0 saturated heterocycles. The molecule has 0 radical (unpaired) electrons. The van der Waals surface area contributed by atoms with Crippen LogP contribution in [0.1, 0.15) is 98.3 Å². The molecule has 0 aromatic rings. The fourth-order valence-corrected chi connectivity index (χ4v) is 2.01. The second kappa shape index (κ2) is 16.8. The Hall–Kier alpha value is -0.570. The van der Waals surface area contributed by atoms with E-state index in [1.165, 1.54) is 77.2 Å². The lowest BCUT2D eigenvalue weighted by Gasteiger charge is -2.18. The first-order valence-corrected chi connectivity index (χ1v) is 9.35. The van der Waals surface area contributed by atoms with Gasteiger partial charge in [-0.25, -0.2) is 0 Å². The Labute approximate surface area is 139 Å². The Balaban J connectivity index is 0. The van der Waals surface area contributed by atoms with E-state index in [1.54, 1.807) is 20.8 Å². The fourth-order valence-electron chi connectivity index (χ4n) is 2.01. The van der Waals surface area contributed by atoms with Gasteiger partial charge in [-0.05, 0) is 12.8 Å². The predicted octanol–water partition coefficient (Wildman–Crippen LogP) is 3.27. The Morgan fingerprint density at radius 2 is 1.14 bits per heavy atom. The molecule has 0 aromatic heterocycles. The molecule has 0 saturated carbocycles. The van der Waals surface area contributed by atoms with Gasteiger partial charge in [0.05, 0.1) is 13.6 Å². The van der Waals surface area contributed by atoms with Crippen LogP contribution in [0, 0.1) is 5.41 Å². The molecule has 2 N–H and O–H groups in total. The van der Waals surface area contributed by atoms with Crippen molar-refractivity contribution in [3.8, 4) is 0 Å². The number of nitrogens with two attached hydrogens (primary N) is 1. The minimum Gasteiger partial charge on any atom is -0.550 e. The van der Waals surface area contributed by atoms with Gasteiger partial charge in [-0.15, -0.1) is 0 Å². The molecule has 0 rings (SSSR count). The van der Waals surface area contributed by atoms with Gasteiger partial charge in [-0.1, -0.05) is 85.5 Å². The SMILES string of the molecule is CC(C)(C)C(=O)[O-].CCCCCCCCCCCCC[NH2+]C. The van der Waals surface area contributed by atoms with E-state index in [1.807, 2.05) is 0 Å². The molecular formula is C19H41NO2. The molecular weight excluding hydrogens is 274 g/mol. The van der Waals surface area contributed by atoms with Crippen molar-refractivity contribution < 1.29 is 15.2 Å². The maximum absolute atomic E-state index is 9.91. The highest BCUT2D eigenvalue weighted by Gasteiger charge is 2.09. The lowest BCUT2D eigenvalue weighted by Crippen LogP contribution is -2.79. The van der Waals surface area contributed by atoms with Gasteiger partial charge >= 0.3 is 0 Å². The molecule has 0 aliphatic rings. The minimum atomic E-state index is -1.01. The number of hydrogen-bond donors (Lipinski definition) is 1. The first kappa shape index (κ1) is 23.7. The lowest BCUT2D eigenvalue weighted by atomic mass is 9.98. The third-order valence-electron chi connectivity index (χ3n) is 3.71. The summed E-state index contributed by atoms with van der Waals surface area (Å²) in [6.07, 6.45) is 15.9.